The van der Waals surface area contributed by atoms with Crippen molar-refractivity contribution >= 4 is 5.91 Å². The zero-order valence-corrected chi connectivity index (χ0v) is 9.35. The van der Waals surface area contributed by atoms with Crippen molar-refractivity contribution in [2.75, 3.05) is 0 Å². The van der Waals surface area contributed by atoms with E-state index in [1.54, 1.807) is 0 Å². The molecule has 0 radical (unpaired) electrons. The summed E-state index contributed by atoms with van der Waals surface area (Å²) < 4.78 is 0. The normalized spacial score (nSPS) is 16.7. The summed E-state index contributed by atoms with van der Waals surface area (Å²) in [7, 11) is 0. The number of rotatable bonds is 4. The molecule has 0 spiro atoms. The van der Waals surface area contributed by atoms with Gasteiger partial charge in [-0.2, -0.15) is 0 Å². The number of nitrogens with one attached hydrogen (secondary N) is 1. The van der Waals surface area contributed by atoms with Crippen molar-refractivity contribution < 1.29 is 4.79 Å². The van der Waals surface area contributed by atoms with Crippen molar-refractivity contribution in [3.63, 3.8) is 0 Å². The summed E-state index contributed by atoms with van der Waals surface area (Å²) in [6, 6.07) is 0.0826. The minimum Gasteiger partial charge on any atom is -0.368 e. The Labute approximate surface area is 81.1 Å². The number of carbonyl (C=O) groups excluding carboxylic acids is 1. The Kier molecular flexibility index (Phi) is 4.40. The molecule has 0 aromatic rings. The molecule has 13 heavy (non-hydrogen) atoms. The molecule has 0 rings (SSSR count). The van der Waals surface area contributed by atoms with Crippen LogP contribution in [0, 0.1) is 5.41 Å². The molecule has 0 saturated carbocycles. The maximum absolute atomic E-state index is 11.0. The van der Waals surface area contributed by atoms with Gasteiger partial charge in [0.05, 0.1) is 6.04 Å². The summed E-state index contributed by atoms with van der Waals surface area (Å²) in [5, 5.41) is 3.23. The van der Waals surface area contributed by atoms with Crippen LogP contribution in [-0.4, -0.2) is 18.0 Å². The van der Waals surface area contributed by atoms with E-state index in [2.05, 4.69) is 33.0 Å². The molecule has 2 atom stereocenters. The van der Waals surface area contributed by atoms with E-state index >= 15 is 0 Å². The third-order valence-corrected chi connectivity index (χ3v) is 2.50. The zero-order valence-electron chi connectivity index (χ0n) is 9.35. The molecule has 2 unspecified atom stereocenters. The minimum atomic E-state index is -0.265. The first-order valence-corrected chi connectivity index (χ1v) is 4.84. The molecule has 0 aliphatic carbocycles. The number of primary amides is 1. The van der Waals surface area contributed by atoms with E-state index in [0.717, 1.165) is 6.42 Å². The summed E-state index contributed by atoms with van der Waals surface area (Å²) in [5.74, 6) is -0.265. The van der Waals surface area contributed by atoms with Crippen LogP contribution >= 0.6 is 0 Å². The average molecular weight is 186 g/mol. The van der Waals surface area contributed by atoms with Crippen LogP contribution in [0.3, 0.4) is 0 Å². The molecule has 0 aliphatic heterocycles. The number of carbonyl (C=O) groups is 1. The Morgan fingerprint density at radius 3 is 2.15 bits per heavy atom. The van der Waals surface area contributed by atoms with Crippen LogP contribution in [0.5, 0.6) is 0 Å². The fourth-order valence-corrected chi connectivity index (χ4v) is 0.953. The van der Waals surface area contributed by atoms with Gasteiger partial charge in [-0.25, -0.2) is 0 Å². The first-order chi connectivity index (χ1) is 5.79. The highest BCUT2D eigenvalue weighted by molar-refractivity contribution is 5.79. The molecule has 0 fully saturated rings. The fourth-order valence-electron chi connectivity index (χ4n) is 0.953. The molecule has 3 nitrogen and oxygen atoms in total. The van der Waals surface area contributed by atoms with Gasteiger partial charge in [-0.3, -0.25) is 4.79 Å². The maximum Gasteiger partial charge on any atom is 0.234 e. The molecular formula is C10H22N2O. The first kappa shape index (κ1) is 12.4. The molecule has 3 N–H and O–H groups in total. The van der Waals surface area contributed by atoms with E-state index in [9.17, 15) is 4.79 Å². The lowest BCUT2D eigenvalue weighted by atomic mass is 9.87. The highest BCUT2D eigenvalue weighted by Crippen LogP contribution is 2.19. The molecule has 0 aromatic carbocycles. The quantitative estimate of drug-likeness (QED) is 0.694. The second-order valence-electron chi connectivity index (χ2n) is 4.62. The van der Waals surface area contributed by atoms with Gasteiger partial charge in [0.2, 0.25) is 5.91 Å². The lowest BCUT2D eigenvalue weighted by Gasteiger charge is -2.30. The van der Waals surface area contributed by atoms with Gasteiger partial charge in [0, 0.05) is 6.04 Å². The van der Waals surface area contributed by atoms with Crippen molar-refractivity contribution in [2.24, 2.45) is 11.1 Å². The van der Waals surface area contributed by atoms with Crippen LogP contribution in [0.4, 0.5) is 0 Å². The van der Waals surface area contributed by atoms with Crippen molar-refractivity contribution in [2.45, 2.75) is 53.1 Å². The minimum absolute atomic E-state index is 0.156. The largest absolute Gasteiger partial charge is 0.368 e. The molecule has 78 valence electrons. The Hall–Kier alpha value is -0.570. The Bertz CT molecular complexity index is 172. The van der Waals surface area contributed by atoms with Crippen molar-refractivity contribution in [1.29, 1.82) is 0 Å². The highest BCUT2D eigenvalue weighted by atomic mass is 16.1. The summed E-state index contributed by atoms with van der Waals surface area (Å²) in [5.41, 5.74) is 5.39. The van der Waals surface area contributed by atoms with Crippen LogP contribution in [-0.2, 0) is 4.79 Å². The van der Waals surface area contributed by atoms with E-state index < -0.39 is 0 Å². The predicted molar refractivity (Wildman–Crippen MR) is 55.3 cm³/mol. The highest BCUT2D eigenvalue weighted by Gasteiger charge is 2.24. The number of amides is 1. The first-order valence-electron chi connectivity index (χ1n) is 4.84. The molecule has 0 saturated heterocycles. The molecule has 1 amide bonds. The lowest BCUT2D eigenvalue weighted by molar-refractivity contribution is -0.120. The fraction of sp³-hybridized carbons (Fsp3) is 0.900. The number of nitrogens with two attached hydrogens (primary N) is 1. The third-order valence-electron chi connectivity index (χ3n) is 2.50. The van der Waals surface area contributed by atoms with E-state index in [0.29, 0.717) is 0 Å². The van der Waals surface area contributed by atoms with Crippen LogP contribution in [0.2, 0.25) is 0 Å². The summed E-state index contributed by atoms with van der Waals surface area (Å²) >= 11 is 0. The topological polar surface area (TPSA) is 55.1 Å². The summed E-state index contributed by atoms with van der Waals surface area (Å²) in [6.07, 6.45) is 0.746. The van der Waals surface area contributed by atoms with E-state index in [1.165, 1.54) is 0 Å². The van der Waals surface area contributed by atoms with Gasteiger partial charge in [0.15, 0.2) is 0 Å². The lowest BCUT2D eigenvalue weighted by Crippen LogP contribution is -2.49. The molecule has 0 aromatic heterocycles. The summed E-state index contributed by atoms with van der Waals surface area (Å²) in [6.45, 7) is 10.4. The van der Waals surface area contributed by atoms with Crippen molar-refractivity contribution in [3.8, 4) is 0 Å². The Morgan fingerprint density at radius 2 is 1.92 bits per heavy atom. The van der Waals surface area contributed by atoms with Crippen LogP contribution in [0.15, 0.2) is 0 Å². The Morgan fingerprint density at radius 1 is 1.46 bits per heavy atom. The van der Waals surface area contributed by atoms with Crippen LogP contribution in [0.25, 0.3) is 0 Å². The number of hydrogen-bond donors (Lipinski definition) is 2. The van der Waals surface area contributed by atoms with Gasteiger partial charge in [0.25, 0.3) is 0 Å². The standard InChI is InChI=1S/C10H22N2O/c1-6-8(9(11)13)12-7(2)10(3,4)5/h7-8,12H,6H2,1-5H3,(H2,11,13). The molecule has 0 aliphatic rings. The van der Waals surface area contributed by atoms with Gasteiger partial charge >= 0.3 is 0 Å². The monoisotopic (exact) mass is 186 g/mol. The third kappa shape index (κ3) is 4.27. The van der Waals surface area contributed by atoms with E-state index in [1.807, 2.05) is 6.92 Å². The van der Waals surface area contributed by atoms with Crippen molar-refractivity contribution in [1.82, 2.24) is 5.32 Å². The molecular weight excluding hydrogens is 164 g/mol. The van der Waals surface area contributed by atoms with E-state index in [-0.39, 0.29) is 23.4 Å². The maximum atomic E-state index is 11.0. The van der Waals surface area contributed by atoms with Gasteiger partial charge < -0.3 is 11.1 Å². The molecule has 0 bridgehead atoms. The van der Waals surface area contributed by atoms with E-state index in [4.69, 9.17) is 5.73 Å². The SMILES string of the molecule is CCC(NC(C)C(C)(C)C)C(N)=O. The van der Waals surface area contributed by atoms with Gasteiger partial charge in [-0.05, 0) is 18.8 Å². The summed E-state index contributed by atoms with van der Waals surface area (Å²) in [4.78, 5) is 11.0. The van der Waals surface area contributed by atoms with Crippen molar-refractivity contribution in [3.05, 3.63) is 0 Å². The van der Waals surface area contributed by atoms with Crippen LogP contribution in [0.1, 0.15) is 41.0 Å². The number of hydrogen-bond acceptors (Lipinski definition) is 2. The average Bonchev–Trinajstić information content (AvgIpc) is 1.96. The zero-order chi connectivity index (χ0) is 10.6. The Balaban J connectivity index is 4.17. The van der Waals surface area contributed by atoms with Crippen LogP contribution < -0.4 is 11.1 Å². The smallest absolute Gasteiger partial charge is 0.234 e. The molecule has 3 heteroatoms. The van der Waals surface area contributed by atoms with Gasteiger partial charge in [0.1, 0.15) is 0 Å². The van der Waals surface area contributed by atoms with Gasteiger partial charge in [-0.1, -0.05) is 27.7 Å². The second-order valence-corrected chi connectivity index (χ2v) is 4.62. The predicted octanol–water partition coefficient (Wildman–Crippen LogP) is 1.27. The van der Waals surface area contributed by atoms with Gasteiger partial charge in [-0.15, -0.1) is 0 Å². The second kappa shape index (κ2) is 4.61. The molecule has 0 heterocycles.